The minimum absolute atomic E-state index is 0.160. The van der Waals surface area contributed by atoms with Gasteiger partial charge in [0.2, 0.25) is 0 Å². The smallest absolute Gasteiger partial charge is 0.150 e. The zero-order chi connectivity index (χ0) is 23.9. The molecule has 1 heterocycles. The van der Waals surface area contributed by atoms with E-state index < -0.39 is 17.7 Å². The van der Waals surface area contributed by atoms with E-state index in [2.05, 4.69) is 24.2 Å². The summed E-state index contributed by atoms with van der Waals surface area (Å²) < 4.78 is 14.1. The molecular formula is C28H42FN3O2. The van der Waals surface area contributed by atoms with Gasteiger partial charge in [0.15, 0.2) is 0 Å². The normalized spacial score (nSPS) is 52.5. The van der Waals surface area contributed by atoms with Crippen molar-refractivity contribution in [1.82, 2.24) is 5.01 Å². The highest BCUT2D eigenvalue weighted by atomic mass is 19.1. The second kappa shape index (κ2) is 7.86. The highest BCUT2D eigenvalue weighted by molar-refractivity contribution is 5.26. The molecule has 2 N–H and O–H groups in total. The largest absolute Gasteiger partial charge is 0.391 e. The molecule has 0 aromatic rings. The molecule has 5 nitrogen and oxygen atoms in total. The average Bonchev–Trinajstić information content (AvgIpc) is 3.36. The van der Waals surface area contributed by atoms with Crippen LogP contribution in [0, 0.1) is 40.4 Å². The Labute approximate surface area is 203 Å². The van der Waals surface area contributed by atoms with E-state index in [1.165, 1.54) is 38.2 Å². The summed E-state index contributed by atoms with van der Waals surface area (Å²) >= 11 is 0. The summed E-state index contributed by atoms with van der Waals surface area (Å²) in [6.07, 6.45) is 15.0. The van der Waals surface area contributed by atoms with Gasteiger partial charge in [0.25, 0.3) is 0 Å². The zero-order valence-corrected chi connectivity index (χ0v) is 21.0. The van der Waals surface area contributed by atoms with Gasteiger partial charge in [0, 0.05) is 0 Å². The molecule has 0 aromatic heterocycles. The number of nitrogens with zero attached hydrogens (tertiary/aromatic N) is 3. The van der Waals surface area contributed by atoms with Crippen LogP contribution in [0.15, 0.2) is 34.4 Å². The van der Waals surface area contributed by atoms with Gasteiger partial charge in [-0.15, -0.1) is 0 Å². The number of halogens is 1. The summed E-state index contributed by atoms with van der Waals surface area (Å²) in [5.74, 6) is 2.85. The van der Waals surface area contributed by atoms with E-state index in [0.717, 1.165) is 37.5 Å². The van der Waals surface area contributed by atoms with E-state index in [-0.39, 0.29) is 23.2 Å². The first kappa shape index (κ1) is 23.1. The molecule has 6 heteroatoms. The molecular weight excluding hydrogens is 429 g/mol. The van der Waals surface area contributed by atoms with Gasteiger partial charge in [-0.3, -0.25) is 5.01 Å². The third-order valence-corrected chi connectivity index (χ3v) is 11.7. The van der Waals surface area contributed by atoms with Crippen molar-refractivity contribution in [2.75, 3.05) is 6.54 Å². The number of fused-ring (bicyclic) bond motifs is 6. The second-order valence-electron chi connectivity index (χ2n) is 13.4. The van der Waals surface area contributed by atoms with Gasteiger partial charge in [-0.25, -0.2) is 4.39 Å². The topological polar surface area (TPSA) is 68.4 Å². The van der Waals surface area contributed by atoms with Crippen LogP contribution in [0.3, 0.4) is 0 Å². The Hall–Kier alpha value is -1.27. The molecule has 6 rings (SSSR count). The quantitative estimate of drug-likeness (QED) is 0.563. The molecule has 0 amide bonds. The molecule has 0 bridgehead atoms. The predicted octanol–water partition coefficient (Wildman–Crippen LogP) is 5.60. The van der Waals surface area contributed by atoms with Gasteiger partial charge in [-0.2, -0.15) is 5.11 Å². The molecule has 6 aliphatic rings. The Kier molecular flexibility index (Phi) is 5.35. The molecule has 0 spiro atoms. The molecule has 1 aliphatic heterocycles. The van der Waals surface area contributed by atoms with Gasteiger partial charge in [-0.1, -0.05) is 31.2 Å². The first-order valence-electron chi connectivity index (χ1n) is 13.7. The van der Waals surface area contributed by atoms with Crippen LogP contribution in [0.2, 0.25) is 0 Å². The summed E-state index contributed by atoms with van der Waals surface area (Å²) in [6, 6.07) is -0.758. The molecule has 0 radical (unpaired) electrons. The molecule has 4 unspecified atom stereocenters. The van der Waals surface area contributed by atoms with Crippen molar-refractivity contribution in [2.45, 2.75) is 102 Å². The predicted molar refractivity (Wildman–Crippen MR) is 129 cm³/mol. The lowest BCUT2D eigenvalue weighted by molar-refractivity contribution is -0.151. The van der Waals surface area contributed by atoms with Crippen LogP contribution in [0.4, 0.5) is 4.39 Å². The lowest BCUT2D eigenvalue weighted by atomic mass is 9.44. The van der Waals surface area contributed by atoms with Crippen LogP contribution >= 0.6 is 0 Å². The van der Waals surface area contributed by atoms with Gasteiger partial charge in [0.05, 0.1) is 24.3 Å². The summed E-state index contributed by atoms with van der Waals surface area (Å²) in [5.41, 5.74) is 0.0354. The van der Waals surface area contributed by atoms with Gasteiger partial charge >= 0.3 is 0 Å². The monoisotopic (exact) mass is 471 g/mol. The van der Waals surface area contributed by atoms with Crippen LogP contribution in [0.25, 0.3) is 0 Å². The van der Waals surface area contributed by atoms with E-state index in [1.807, 2.05) is 13.0 Å². The maximum absolute atomic E-state index is 14.1. The van der Waals surface area contributed by atoms with Crippen molar-refractivity contribution in [1.29, 1.82) is 0 Å². The molecule has 0 saturated heterocycles. The minimum Gasteiger partial charge on any atom is -0.391 e. The Balaban J connectivity index is 1.16. The second-order valence-corrected chi connectivity index (χ2v) is 13.4. The van der Waals surface area contributed by atoms with Crippen LogP contribution in [0.1, 0.15) is 78.6 Å². The maximum Gasteiger partial charge on any atom is 0.150 e. The van der Waals surface area contributed by atoms with Gasteiger partial charge in [0.1, 0.15) is 11.9 Å². The average molecular weight is 472 g/mol. The fraction of sp³-hybridized carbons (Fsp3) is 0.857. The fourth-order valence-corrected chi connectivity index (χ4v) is 9.78. The molecule has 5 aliphatic carbocycles. The number of hydrogen-bond donors (Lipinski definition) is 2. The molecule has 4 fully saturated rings. The fourth-order valence-electron chi connectivity index (χ4n) is 9.78. The summed E-state index contributed by atoms with van der Waals surface area (Å²) in [7, 11) is 0. The van der Waals surface area contributed by atoms with Gasteiger partial charge < -0.3 is 10.2 Å². The molecule has 34 heavy (non-hydrogen) atoms. The first-order valence-corrected chi connectivity index (χ1v) is 13.7. The SMILES string of the molecule is C[C@@]1(O)CC[C@@]2(C)[C@@H](CCC3[C@@H]2CC[C@]2(C)[C@@H](C(O)CN4N=NC5C(F)=CC=CC54)CC[C@@H]32)C1. The van der Waals surface area contributed by atoms with Crippen LogP contribution in [0.5, 0.6) is 0 Å². The molecule has 188 valence electrons. The lowest BCUT2D eigenvalue weighted by Crippen LogP contribution is -2.56. The third kappa shape index (κ3) is 3.37. The van der Waals surface area contributed by atoms with E-state index in [1.54, 1.807) is 11.1 Å². The van der Waals surface area contributed by atoms with Crippen LogP contribution in [-0.4, -0.2) is 45.6 Å². The molecule has 11 atom stereocenters. The van der Waals surface area contributed by atoms with Crippen LogP contribution < -0.4 is 0 Å². The van der Waals surface area contributed by atoms with E-state index in [4.69, 9.17) is 0 Å². The zero-order valence-electron chi connectivity index (χ0n) is 21.0. The lowest BCUT2D eigenvalue weighted by Gasteiger charge is -2.62. The van der Waals surface area contributed by atoms with Crippen molar-refractivity contribution >= 4 is 0 Å². The van der Waals surface area contributed by atoms with E-state index in [9.17, 15) is 14.6 Å². The highest BCUT2D eigenvalue weighted by Gasteiger charge is 2.61. The summed E-state index contributed by atoms with van der Waals surface area (Å²) in [4.78, 5) is 0. The maximum atomic E-state index is 14.1. The number of allylic oxidation sites excluding steroid dienone is 2. The van der Waals surface area contributed by atoms with Crippen molar-refractivity contribution in [3.05, 3.63) is 24.1 Å². The number of hydrogen-bond acceptors (Lipinski definition) is 5. The number of aliphatic hydroxyl groups is 2. The molecule has 0 aromatic carbocycles. The van der Waals surface area contributed by atoms with Crippen molar-refractivity contribution in [2.24, 2.45) is 50.8 Å². The number of rotatable bonds is 3. The standard InChI is InChI=1S/C28H42FN3O2/c1-26(34)13-14-27(2)17(15-26)7-8-18-19-9-10-21(28(19,3)12-11-20(18)27)24(33)16-32-23-6-4-5-22(29)25(23)30-31-32/h4-6,17-21,23-25,33-34H,7-16H2,1-3H3/t17-,18?,19-,20-,21+,23?,24?,25?,26+,27-,28-/m0/s1. The Morgan fingerprint density at radius 2 is 1.85 bits per heavy atom. The van der Waals surface area contributed by atoms with Crippen molar-refractivity contribution < 1.29 is 14.6 Å². The van der Waals surface area contributed by atoms with E-state index >= 15 is 0 Å². The number of aliphatic hydroxyl groups excluding tert-OH is 1. The Morgan fingerprint density at radius 1 is 1.06 bits per heavy atom. The number of β-amino-alcohol motifs (C(OH)–C–C–N with tert-alkyl or cyclic N) is 1. The third-order valence-electron chi connectivity index (χ3n) is 11.7. The Morgan fingerprint density at radius 3 is 2.68 bits per heavy atom. The minimum atomic E-state index is -0.549. The van der Waals surface area contributed by atoms with Crippen molar-refractivity contribution in [3.63, 3.8) is 0 Å². The highest BCUT2D eigenvalue weighted by Crippen LogP contribution is 2.68. The first-order chi connectivity index (χ1) is 16.1. The summed E-state index contributed by atoms with van der Waals surface area (Å²) in [5, 5.41) is 32.4. The van der Waals surface area contributed by atoms with Crippen LogP contribution in [-0.2, 0) is 0 Å². The summed E-state index contributed by atoms with van der Waals surface area (Å²) in [6.45, 7) is 7.45. The Bertz CT molecular complexity index is 917. The molecule has 4 saturated carbocycles. The van der Waals surface area contributed by atoms with Crippen molar-refractivity contribution in [3.8, 4) is 0 Å². The van der Waals surface area contributed by atoms with E-state index in [0.29, 0.717) is 23.8 Å². The van der Waals surface area contributed by atoms with Gasteiger partial charge in [-0.05, 0) is 111 Å².